The van der Waals surface area contributed by atoms with Crippen LogP contribution >= 0.6 is 0 Å². The Balaban J connectivity index is 1.61. The van der Waals surface area contributed by atoms with Gasteiger partial charge in [-0.15, -0.1) is 5.10 Å². The van der Waals surface area contributed by atoms with Gasteiger partial charge < -0.3 is 4.52 Å². The van der Waals surface area contributed by atoms with Gasteiger partial charge in [0.2, 0.25) is 11.7 Å². The van der Waals surface area contributed by atoms with E-state index in [2.05, 4.69) is 51.6 Å². The number of fused-ring (bicyclic) bond motifs is 1. The van der Waals surface area contributed by atoms with Crippen molar-refractivity contribution in [2.45, 2.75) is 26.8 Å². The summed E-state index contributed by atoms with van der Waals surface area (Å²) in [5.41, 5.74) is 5.10. The molecule has 0 amide bonds. The number of hydrogen-bond acceptors (Lipinski definition) is 5. The summed E-state index contributed by atoms with van der Waals surface area (Å²) in [5.74, 6) is 1.18. The van der Waals surface area contributed by atoms with Gasteiger partial charge in [-0.3, -0.25) is 0 Å². The molecule has 6 heteroatoms. The summed E-state index contributed by atoms with van der Waals surface area (Å²) in [7, 11) is 0. The van der Waals surface area contributed by atoms with Gasteiger partial charge in [0.25, 0.3) is 0 Å². The molecule has 2 aromatic carbocycles. The normalized spacial score (nSPS) is 11.2. The van der Waals surface area contributed by atoms with Gasteiger partial charge >= 0.3 is 0 Å². The molecule has 0 radical (unpaired) electrons. The Hall–Kier alpha value is -3.02. The van der Waals surface area contributed by atoms with E-state index in [1.54, 1.807) is 0 Å². The lowest BCUT2D eigenvalue weighted by atomic mass is 10.1. The van der Waals surface area contributed by atoms with Crippen molar-refractivity contribution in [2.75, 3.05) is 0 Å². The molecule has 0 bridgehead atoms. The minimum absolute atomic E-state index is 0.574. The standard InChI is InChI=1S/C18H17N5O/c1-3-23-16-9-8-14(11-15(16)20-22-23)18-19-17(24-21-18)10-13-6-4-12(2)5-7-13/h4-9,11H,3,10H2,1-2H3. The van der Waals surface area contributed by atoms with E-state index < -0.39 is 0 Å². The Bertz CT molecular complexity index is 984. The number of hydrogen-bond donors (Lipinski definition) is 0. The van der Waals surface area contributed by atoms with Crippen LogP contribution in [0.5, 0.6) is 0 Å². The quantitative estimate of drug-likeness (QED) is 0.576. The van der Waals surface area contributed by atoms with E-state index in [9.17, 15) is 0 Å². The minimum Gasteiger partial charge on any atom is -0.339 e. The van der Waals surface area contributed by atoms with Crippen molar-refractivity contribution in [2.24, 2.45) is 0 Å². The van der Waals surface area contributed by atoms with Crippen molar-refractivity contribution in [1.82, 2.24) is 25.1 Å². The van der Waals surface area contributed by atoms with Crippen molar-refractivity contribution in [3.63, 3.8) is 0 Å². The van der Waals surface area contributed by atoms with E-state index in [4.69, 9.17) is 4.52 Å². The van der Waals surface area contributed by atoms with Crippen molar-refractivity contribution < 1.29 is 4.52 Å². The molecule has 2 aromatic heterocycles. The zero-order valence-electron chi connectivity index (χ0n) is 13.6. The predicted molar refractivity (Wildman–Crippen MR) is 90.5 cm³/mol. The summed E-state index contributed by atoms with van der Waals surface area (Å²) in [5, 5.41) is 12.4. The topological polar surface area (TPSA) is 69.6 Å². The average Bonchev–Trinajstić information content (AvgIpc) is 3.23. The maximum atomic E-state index is 5.39. The lowest BCUT2D eigenvalue weighted by molar-refractivity contribution is 0.385. The fourth-order valence-corrected chi connectivity index (χ4v) is 2.67. The second-order valence-electron chi connectivity index (χ2n) is 5.78. The number of rotatable bonds is 4. The van der Waals surface area contributed by atoms with Crippen LogP contribution < -0.4 is 0 Å². The highest BCUT2D eigenvalue weighted by atomic mass is 16.5. The highest BCUT2D eigenvalue weighted by molar-refractivity contribution is 5.79. The molecular formula is C18H17N5O. The smallest absolute Gasteiger partial charge is 0.231 e. The Labute approximate surface area is 139 Å². The van der Waals surface area contributed by atoms with Crippen LogP contribution in [0.2, 0.25) is 0 Å². The first-order valence-electron chi connectivity index (χ1n) is 7.94. The fourth-order valence-electron chi connectivity index (χ4n) is 2.67. The van der Waals surface area contributed by atoms with E-state index >= 15 is 0 Å². The van der Waals surface area contributed by atoms with Gasteiger partial charge in [-0.2, -0.15) is 4.98 Å². The lowest BCUT2D eigenvalue weighted by Gasteiger charge is -1.98. The summed E-state index contributed by atoms with van der Waals surface area (Å²) in [6.07, 6.45) is 0.627. The van der Waals surface area contributed by atoms with Crippen LogP contribution in [0.1, 0.15) is 23.9 Å². The van der Waals surface area contributed by atoms with Crippen LogP contribution in [0.3, 0.4) is 0 Å². The largest absolute Gasteiger partial charge is 0.339 e. The van der Waals surface area contributed by atoms with E-state index in [1.165, 1.54) is 5.56 Å². The van der Waals surface area contributed by atoms with Crippen molar-refractivity contribution in [3.05, 3.63) is 59.5 Å². The minimum atomic E-state index is 0.574. The third-order valence-electron chi connectivity index (χ3n) is 4.02. The Morgan fingerprint density at radius 3 is 2.71 bits per heavy atom. The molecule has 0 aliphatic heterocycles. The number of aryl methyl sites for hydroxylation is 2. The third kappa shape index (κ3) is 2.67. The van der Waals surface area contributed by atoms with Crippen LogP contribution in [0, 0.1) is 6.92 Å². The highest BCUT2D eigenvalue weighted by Gasteiger charge is 2.11. The first-order chi connectivity index (χ1) is 11.7. The molecule has 0 atom stereocenters. The SMILES string of the molecule is CCn1nnc2cc(-c3noc(Cc4ccc(C)cc4)n3)ccc21. The summed E-state index contributed by atoms with van der Waals surface area (Å²) in [6.45, 7) is 4.90. The van der Waals surface area contributed by atoms with Crippen LogP contribution in [0.25, 0.3) is 22.4 Å². The molecule has 24 heavy (non-hydrogen) atoms. The van der Waals surface area contributed by atoms with Crippen molar-refractivity contribution in [3.8, 4) is 11.4 Å². The van der Waals surface area contributed by atoms with Gasteiger partial charge in [0.05, 0.1) is 11.9 Å². The van der Waals surface area contributed by atoms with Gasteiger partial charge in [0, 0.05) is 12.1 Å². The van der Waals surface area contributed by atoms with E-state index in [0.29, 0.717) is 18.1 Å². The first kappa shape index (κ1) is 14.6. The molecule has 0 aliphatic carbocycles. The van der Waals surface area contributed by atoms with E-state index in [0.717, 1.165) is 28.7 Å². The number of nitrogens with zero attached hydrogens (tertiary/aromatic N) is 5. The fraction of sp³-hybridized carbons (Fsp3) is 0.222. The maximum Gasteiger partial charge on any atom is 0.231 e. The maximum absolute atomic E-state index is 5.39. The number of benzene rings is 2. The van der Waals surface area contributed by atoms with Gasteiger partial charge in [-0.25, -0.2) is 4.68 Å². The summed E-state index contributed by atoms with van der Waals surface area (Å²) in [4.78, 5) is 4.50. The van der Waals surface area contributed by atoms with Gasteiger partial charge in [-0.05, 0) is 37.6 Å². The van der Waals surface area contributed by atoms with Crippen molar-refractivity contribution >= 4 is 11.0 Å². The summed E-state index contributed by atoms with van der Waals surface area (Å²) < 4.78 is 7.25. The Kier molecular flexibility index (Phi) is 3.57. The molecule has 4 rings (SSSR count). The van der Waals surface area contributed by atoms with Crippen LogP contribution in [0.15, 0.2) is 47.0 Å². The predicted octanol–water partition coefficient (Wildman–Crippen LogP) is 3.40. The summed E-state index contributed by atoms with van der Waals surface area (Å²) >= 11 is 0. The molecule has 4 aromatic rings. The zero-order valence-corrected chi connectivity index (χ0v) is 13.6. The molecule has 0 N–H and O–H groups in total. The second-order valence-corrected chi connectivity index (χ2v) is 5.78. The molecule has 0 unspecified atom stereocenters. The molecule has 0 saturated heterocycles. The van der Waals surface area contributed by atoms with E-state index in [-0.39, 0.29) is 0 Å². The molecule has 0 spiro atoms. The molecule has 0 aliphatic rings. The van der Waals surface area contributed by atoms with Crippen molar-refractivity contribution in [1.29, 1.82) is 0 Å². The molecule has 0 saturated carbocycles. The summed E-state index contributed by atoms with van der Waals surface area (Å²) in [6, 6.07) is 14.2. The molecule has 0 fully saturated rings. The number of aromatic nitrogens is 5. The van der Waals surface area contributed by atoms with Gasteiger partial charge in [0.15, 0.2) is 0 Å². The van der Waals surface area contributed by atoms with Gasteiger partial charge in [0.1, 0.15) is 5.52 Å². The molecule has 120 valence electrons. The third-order valence-corrected chi connectivity index (χ3v) is 4.02. The van der Waals surface area contributed by atoms with Gasteiger partial charge in [-0.1, -0.05) is 40.2 Å². The zero-order chi connectivity index (χ0) is 16.5. The van der Waals surface area contributed by atoms with Crippen LogP contribution in [0.4, 0.5) is 0 Å². The average molecular weight is 319 g/mol. The lowest BCUT2D eigenvalue weighted by Crippen LogP contribution is -1.95. The Morgan fingerprint density at radius 2 is 1.92 bits per heavy atom. The van der Waals surface area contributed by atoms with E-state index in [1.807, 2.05) is 29.8 Å². The molecule has 2 heterocycles. The first-order valence-corrected chi connectivity index (χ1v) is 7.94. The molecular weight excluding hydrogens is 302 g/mol. The van der Waals surface area contributed by atoms with Crippen LogP contribution in [-0.4, -0.2) is 25.1 Å². The van der Waals surface area contributed by atoms with Crippen LogP contribution in [-0.2, 0) is 13.0 Å². The second kappa shape index (κ2) is 5.88. The molecule has 6 nitrogen and oxygen atoms in total. The Morgan fingerprint density at radius 1 is 1.08 bits per heavy atom. The monoisotopic (exact) mass is 319 g/mol. The highest BCUT2D eigenvalue weighted by Crippen LogP contribution is 2.21.